The highest BCUT2D eigenvalue weighted by atomic mass is 16.5. The minimum absolute atomic E-state index is 0.0957. The van der Waals surface area contributed by atoms with Gasteiger partial charge >= 0.3 is 5.97 Å². The van der Waals surface area contributed by atoms with Gasteiger partial charge in [-0.3, -0.25) is 9.59 Å². The Kier molecular flexibility index (Phi) is 5.63. The average Bonchev–Trinajstić information content (AvgIpc) is 2.16. The maximum absolute atomic E-state index is 11.1. The van der Waals surface area contributed by atoms with Crippen LogP contribution in [0, 0.1) is 17.2 Å². The van der Waals surface area contributed by atoms with E-state index in [1.807, 2.05) is 0 Å². The summed E-state index contributed by atoms with van der Waals surface area (Å²) in [5.74, 6) is -3.10. The second-order valence-corrected chi connectivity index (χ2v) is 2.23. The Labute approximate surface area is 81.0 Å². The lowest BCUT2D eigenvalue weighted by Crippen LogP contribution is -2.26. The van der Waals surface area contributed by atoms with Crippen molar-refractivity contribution < 1.29 is 19.1 Å². The Hall–Kier alpha value is -1.96. The summed E-state index contributed by atoms with van der Waals surface area (Å²) in [6, 6.07) is 1.58. The van der Waals surface area contributed by atoms with Crippen LogP contribution in [0.4, 0.5) is 0 Å². The van der Waals surface area contributed by atoms with Gasteiger partial charge in [-0.25, -0.2) is 0 Å². The van der Waals surface area contributed by atoms with Crippen LogP contribution in [0.3, 0.4) is 0 Å². The van der Waals surface area contributed by atoms with Crippen LogP contribution in [-0.2, 0) is 19.1 Å². The van der Waals surface area contributed by atoms with E-state index in [2.05, 4.69) is 4.74 Å². The molecule has 5 nitrogen and oxygen atoms in total. The summed E-state index contributed by atoms with van der Waals surface area (Å²) >= 11 is 0. The molecular formula is C9H9NO4. The van der Waals surface area contributed by atoms with Gasteiger partial charge in [-0.2, -0.15) is 5.26 Å². The van der Waals surface area contributed by atoms with Gasteiger partial charge in [0.05, 0.1) is 12.7 Å². The van der Waals surface area contributed by atoms with Gasteiger partial charge in [0.15, 0.2) is 11.7 Å². The van der Waals surface area contributed by atoms with Gasteiger partial charge in [-0.1, -0.05) is 0 Å². The Morgan fingerprint density at radius 2 is 2.21 bits per heavy atom. The Bertz CT molecular complexity index is 300. The quantitative estimate of drug-likeness (QED) is 0.203. The van der Waals surface area contributed by atoms with E-state index in [0.29, 0.717) is 0 Å². The van der Waals surface area contributed by atoms with Crippen molar-refractivity contribution in [1.82, 2.24) is 0 Å². The average molecular weight is 195 g/mol. The topological polar surface area (TPSA) is 84.2 Å². The number of carbonyl (C=O) groups is 3. The number of esters is 1. The maximum atomic E-state index is 11.1. The molecule has 0 aliphatic heterocycles. The molecule has 14 heavy (non-hydrogen) atoms. The predicted molar refractivity (Wildman–Crippen MR) is 45.9 cm³/mol. The second-order valence-electron chi connectivity index (χ2n) is 2.23. The molecule has 0 aliphatic rings. The van der Waals surface area contributed by atoms with Crippen LogP contribution >= 0.6 is 0 Å². The first-order valence-corrected chi connectivity index (χ1v) is 3.89. The van der Waals surface area contributed by atoms with Crippen molar-refractivity contribution in [2.24, 2.45) is 5.92 Å². The van der Waals surface area contributed by atoms with Gasteiger partial charge in [0.2, 0.25) is 0 Å². The van der Waals surface area contributed by atoms with Crippen LogP contribution in [0.15, 0.2) is 12.2 Å². The van der Waals surface area contributed by atoms with Gasteiger partial charge in [0.1, 0.15) is 6.29 Å². The van der Waals surface area contributed by atoms with Crippen LogP contribution in [0.1, 0.15) is 6.92 Å². The molecule has 0 aliphatic carbocycles. The molecule has 0 N–H and O–H groups in total. The standard InChI is InChI=1S/C9H9NO4/c1-2-14-9(13)7(6-11)8(12)4-3-5-10/h3-4,6-7H,2H2,1H3. The molecule has 1 unspecified atom stereocenters. The van der Waals surface area contributed by atoms with Crippen molar-refractivity contribution in [3.63, 3.8) is 0 Å². The van der Waals surface area contributed by atoms with E-state index in [1.54, 1.807) is 13.0 Å². The second kappa shape index (κ2) is 6.54. The highest BCUT2D eigenvalue weighted by molar-refractivity contribution is 6.15. The number of hydrogen-bond donors (Lipinski definition) is 0. The number of rotatable bonds is 5. The zero-order valence-corrected chi connectivity index (χ0v) is 7.60. The molecule has 0 spiro atoms. The Balaban J connectivity index is 4.49. The minimum atomic E-state index is -1.46. The fourth-order valence-corrected chi connectivity index (χ4v) is 0.694. The molecule has 0 aromatic heterocycles. The first-order chi connectivity index (χ1) is 6.67. The van der Waals surface area contributed by atoms with Crippen molar-refractivity contribution in [3.8, 4) is 6.07 Å². The molecular weight excluding hydrogens is 186 g/mol. The van der Waals surface area contributed by atoms with Gasteiger partial charge in [-0.15, -0.1) is 0 Å². The molecule has 0 aromatic carbocycles. The van der Waals surface area contributed by atoms with Crippen molar-refractivity contribution in [3.05, 3.63) is 12.2 Å². The minimum Gasteiger partial charge on any atom is -0.465 e. The fraction of sp³-hybridized carbons (Fsp3) is 0.333. The number of ketones is 1. The van der Waals surface area contributed by atoms with Crippen molar-refractivity contribution >= 4 is 18.0 Å². The summed E-state index contributed by atoms with van der Waals surface area (Å²) in [6.07, 6.45) is 1.97. The molecule has 0 amide bonds. The van der Waals surface area contributed by atoms with Crippen LogP contribution in [0.25, 0.3) is 0 Å². The number of carbonyl (C=O) groups excluding carboxylic acids is 3. The zero-order chi connectivity index (χ0) is 11.0. The number of allylic oxidation sites excluding steroid dienone is 2. The molecule has 0 saturated carbocycles. The number of nitrogens with zero attached hydrogens (tertiary/aromatic N) is 1. The van der Waals surface area contributed by atoms with E-state index in [-0.39, 0.29) is 12.9 Å². The SMILES string of the molecule is CCOC(=O)C(C=O)C(=O)C=CC#N. The van der Waals surface area contributed by atoms with Crippen LogP contribution in [0.5, 0.6) is 0 Å². The van der Waals surface area contributed by atoms with Crippen LogP contribution in [0.2, 0.25) is 0 Å². The lowest BCUT2D eigenvalue weighted by atomic mass is 10.1. The molecule has 0 rings (SSSR count). The van der Waals surface area contributed by atoms with Crippen molar-refractivity contribution in [2.75, 3.05) is 6.61 Å². The molecule has 0 heterocycles. The Morgan fingerprint density at radius 1 is 1.57 bits per heavy atom. The summed E-state index contributed by atoms with van der Waals surface area (Å²) in [7, 11) is 0. The number of aldehydes is 1. The van der Waals surface area contributed by atoms with Gasteiger partial charge in [0.25, 0.3) is 0 Å². The summed E-state index contributed by atoms with van der Waals surface area (Å²) in [5.41, 5.74) is 0. The lowest BCUT2D eigenvalue weighted by molar-refractivity contribution is -0.151. The van der Waals surface area contributed by atoms with Crippen molar-refractivity contribution in [2.45, 2.75) is 6.92 Å². The van der Waals surface area contributed by atoms with E-state index in [0.717, 1.165) is 12.2 Å². The van der Waals surface area contributed by atoms with Crippen LogP contribution in [-0.4, -0.2) is 24.6 Å². The third-order valence-electron chi connectivity index (χ3n) is 1.31. The summed E-state index contributed by atoms with van der Waals surface area (Å²) in [6.45, 7) is 1.66. The Morgan fingerprint density at radius 3 is 2.64 bits per heavy atom. The maximum Gasteiger partial charge on any atom is 0.324 e. The van der Waals surface area contributed by atoms with Gasteiger partial charge in [-0.05, 0) is 13.0 Å². The first-order valence-electron chi connectivity index (χ1n) is 3.89. The van der Waals surface area contributed by atoms with E-state index in [9.17, 15) is 14.4 Å². The molecule has 0 bridgehead atoms. The molecule has 0 aromatic rings. The smallest absolute Gasteiger partial charge is 0.324 e. The lowest BCUT2D eigenvalue weighted by Gasteiger charge is -2.04. The molecule has 1 atom stereocenters. The van der Waals surface area contributed by atoms with Gasteiger partial charge < -0.3 is 9.53 Å². The predicted octanol–water partition coefficient (Wildman–Crippen LogP) is 0.0135. The zero-order valence-electron chi connectivity index (χ0n) is 7.60. The van der Waals surface area contributed by atoms with E-state index < -0.39 is 17.7 Å². The number of nitriles is 1. The number of ether oxygens (including phenoxy) is 1. The molecule has 0 radical (unpaired) electrons. The molecule has 0 fully saturated rings. The summed E-state index contributed by atoms with van der Waals surface area (Å²) in [5, 5.41) is 8.12. The molecule has 5 heteroatoms. The molecule has 0 saturated heterocycles. The van der Waals surface area contributed by atoms with Gasteiger partial charge in [0, 0.05) is 6.08 Å². The third-order valence-corrected chi connectivity index (χ3v) is 1.31. The van der Waals surface area contributed by atoms with E-state index in [4.69, 9.17) is 5.26 Å². The highest BCUT2D eigenvalue weighted by Gasteiger charge is 2.25. The third kappa shape index (κ3) is 3.63. The summed E-state index contributed by atoms with van der Waals surface area (Å²) < 4.78 is 4.49. The van der Waals surface area contributed by atoms with E-state index >= 15 is 0 Å². The van der Waals surface area contributed by atoms with Crippen LogP contribution < -0.4 is 0 Å². The van der Waals surface area contributed by atoms with Crippen molar-refractivity contribution in [1.29, 1.82) is 5.26 Å². The fourth-order valence-electron chi connectivity index (χ4n) is 0.694. The monoisotopic (exact) mass is 195 g/mol. The number of hydrogen-bond acceptors (Lipinski definition) is 5. The normalized spacial score (nSPS) is 11.7. The summed E-state index contributed by atoms with van der Waals surface area (Å²) in [4.78, 5) is 32.5. The van der Waals surface area contributed by atoms with E-state index in [1.165, 1.54) is 0 Å². The molecule has 74 valence electrons. The first kappa shape index (κ1) is 12.0. The largest absolute Gasteiger partial charge is 0.465 e. The highest BCUT2D eigenvalue weighted by Crippen LogP contribution is 1.99.